The molecule has 120 valence electrons. The van der Waals surface area contributed by atoms with Crippen LogP contribution in [0.4, 0.5) is 0 Å². The number of nitrogens with zero attached hydrogens (tertiary/aromatic N) is 2. The highest BCUT2D eigenvalue weighted by atomic mass is 127. The normalized spacial score (nSPS) is 19.0. The minimum Gasteiger partial charge on any atom is -0.376 e. The molecule has 0 aromatic rings. The smallest absolute Gasteiger partial charge is 0.191 e. The van der Waals surface area contributed by atoms with Crippen molar-refractivity contribution in [2.45, 2.75) is 39.2 Å². The number of hydrogen-bond donors (Lipinski definition) is 2. The first-order valence-corrected chi connectivity index (χ1v) is 7.58. The fraction of sp³-hybridized carbons (Fsp3) is 0.929. The van der Waals surface area contributed by atoms with Crippen LogP contribution in [0.25, 0.3) is 0 Å². The van der Waals surface area contributed by atoms with E-state index in [9.17, 15) is 0 Å². The van der Waals surface area contributed by atoms with Gasteiger partial charge < -0.3 is 20.3 Å². The van der Waals surface area contributed by atoms with Gasteiger partial charge in [-0.3, -0.25) is 4.99 Å². The van der Waals surface area contributed by atoms with E-state index in [-0.39, 0.29) is 24.0 Å². The van der Waals surface area contributed by atoms with Crippen LogP contribution in [0.2, 0.25) is 0 Å². The van der Waals surface area contributed by atoms with Gasteiger partial charge >= 0.3 is 0 Å². The molecule has 6 heteroatoms. The summed E-state index contributed by atoms with van der Waals surface area (Å²) in [5.41, 5.74) is 0. The van der Waals surface area contributed by atoms with Gasteiger partial charge in [0, 0.05) is 26.7 Å². The van der Waals surface area contributed by atoms with Crippen molar-refractivity contribution in [1.82, 2.24) is 15.5 Å². The molecular formula is C14H31IN4O. The molecule has 0 aromatic carbocycles. The first kappa shape index (κ1) is 19.9. The Bertz CT molecular complexity index is 254. The first-order chi connectivity index (χ1) is 9.30. The van der Waals surface area contributed by atoms with Crippen LogP contribution in [0.15, 0.2) is 4.99 Å². The van der Waals surface area contributed by atoms with E-state index < -0.39 is 0 Å². The summed E-state index contributed by atoms with van der Waals surface area (Å²) in [7, 11) is 1.81. The number of nitrogens with one attached hydrogen (secondary N) is 2. The van der Waals surface area contributed by atoms with Crippen molar-refractivity contribution in [3.8, 4) is 0 Å². The molecule has 0 saturated carbocycles. The fourth-order valence-electron chi connectivity index (χ4n) is 2.29. The maximum atomic E-state index is 5.58. The molecule has 0 aromatic heterocycles. The molecule has 1 fully saturated rings. The van der Waals surface area contributed by atoms with E-state index in [2.05, 4.69) is 34.4 Å². The largest absolute Gasteiger partial charge is 0.376 e. The Hall–Kier alpha value is -0.0800. The SMILES string of the molecule is CCN(CC)CCCNC(=NC)NCC1CCCO1.I. The third kappa shape index (κ3) is 8.26. The first-order valence-electron chi connectivity index (χ1n) is 7.58. The molecule has 1 saturated heterocycles. The minimum absolute atomic E-state index is 0. The van der Waals surface area contributed by atoms with E-state index in [4.69, 9.17) is 4.74 Å². The third-order valence-corrected chi connectivity index (χ3v) is 3.58. The summed E-state index contributed by atoms with van der Waals surface area (Å²) in [5, 5.41) is 6.68. The Morgan fingerprint density at radius 1 is 1.30 bits per heavy atom. The molecule has 0 bridgehead atoms. The monoisotopic (exact) mass is 398 g/mol. The maximum absolute atomic E-state index is 5.58. The van der Waals surface area contributed by atoms with Crippen molar-refractivity contribution < 1.29 is 4.74 Å². The van der Waals surface area contributed by atoms with Gasteiger partial charge in [0.1, 0.15) is 0 Å². The maximum Gasteiger partial charge on any atom is 0.191 e. The van der Waals surface area contributed by atoms with Crippen molar-refractivity contribution in [2.75, 3.05) is 46.4 Å². The van der Waals surface area contributed by atoms with Gasteiger partial charge in [-0.15, -0.1) is 24.0 Å². The van der Waals surface area contributed by atoms with E-state index in [0.717, 1.165) is 58.1 Å². The third-order valence-electron chi connectivity index (χ3n) is 3.58. The Balaban J connectivity index is 0.00000361. The molecule has 1 rings (SSSR count). The number of guanidine groups is 1. The van der Waals surface area contributed by atoms with Crippen LogP contribution in [0.3, 0.4) is 0 Å². The van der Waals surface area contributed by atoms with Crippen LogP contribution in [0.5, 0.6) is 0 Å². The summed E-state index contributed by atoms with van der Waals surface area (Å²) in [6.45, 7) is 10.5. The summed E-state index contributed by atoms with van der Waals surface area (Å²) in [6.07, 6.45) is 3.84. The molecule has 1 aliphatic heterocycles. The molecule has 0 amide bonds. The molecule has 0 aliphatic carbocycles. The lowest BCUT2D eigenvalue weighted by atomic mass is 10.2. The quantitative estimate of drug-likeness (QED) is 0.283. The number of aliphatic imine (C=N–C) groups is 1. The zero-order valence-electron chi connectivity index (χ0n) is 13.2. The topological polar surface area (TPSA) is 48.9 Å². The predicted molar refractivity (Wildman–Crippen MR) is 96.2 cm³/mol. The summed E-state index contributed by atoms with van der Waals surface area (Å²) < 4.78 is 5.58. The molecule has 0 radical (unpaired) electrons. The van der Waals surface area contributed by atoms with Gasteiger partial charge in [-0.25, -0.2) is 0 Å². The summed E-state index contributed by atoms with van der Waals surface area (Å²) in [4.78, 5) is 6.67. The summed E-state index contributed by atoms with van der Waals surface area (Å²) >= 11 is 0. The second-order valence-corrected chi connectivity index (χ2v) is 4.90. The lowest BCUT2D eigenvalue weighted by Crippen LogP contribution is -2.42. The van der Waals surface area contributed by atoms with Gasteiger partial charge in [0.15, 0.2) is 5.96 Å². The highest BCUT2D eigenvalue weighted by Gasteiger charge is 2.15. The number of hydrogen-bond acceptors (Lipinski definition) is 3. The van der Waals surface area contributed by atoms with Crippen molar-refractivity contribution in [3.05, 3.63) is 0 Å². The van der Waals surface area contributed by atoms with Crippen LogP contribution in [-0.2, 0) is 4.74 Å². The van der Waals surface area contributed by atoms with Gasteiger partial charge in [-0.1, -0.05) is 13.8 Å². The lowest BCUT2D eigenvalue weighted by Gasteiger charge is -2.19. The Kier molecular flexibility index (Phi) is 12.6. The lowest BCUT2D eigenvalue weighted by molar-refractivity contribution is 0.114. The van der Waals surface area contributed by atoms with E-state index >= 15 is 0 Å². The molecule has 1 atom stereocenters. The standard InChI is InChI=1S/C14H30N4O.HI/c1-4-18(5-2)10-7-9-16-14(15-3)17-12-13-8-6-11-19-13;/h13H,4-12H2,1-3H3,(H2,15,16,17);1H. The van der Waals surface area contributed by atoms with Crippen molar-refractivity contribution in [1.29, 1.82) is 0 Å². The molecule has 1 aliphatic rings. The molecule has 0 spiro atoms. The average Bonchev–Trinajstić information content (AvgIpc) is 2.95. The van der Waals surface area contributed by atoms with E-state index in [1.165, 1.54) is 6.42 Å². The Morgan fingerprint density at radius 2 is 2.05 bits per heavy atom. The molecule has 20 heavy (non-hydrogen) atoms. The molecule has 5 nitrogen and oxygen atoms in total. The van der Waals surface area contributed by atoms with Gasteiger partial charge in [0.25, 0.3) is 0 Å². The van der Waals surface area contributed by atoms with Crippen LogP contribution in [-0.4, -0.2) is 63.3 Å². The van der Waals surface area contributed by atoms with E-state index in [1.807, 2.05) is 7.05 Å². The van der Waals surface area contributed by atoms with Crippen molar-refractivity contribution >= 4 is 29.9 Å². The van der Waals surface area contributed by atoms with Crippen LogP contribution < -0.4 is 10.6 Å². The van der Waals surface area contributed by atoms with E-state index in [1.54, 1.807) is 0 Å². The van der Waals surface area contributed by atoms with E-state index in [0.29, 0.717) is 6.10 Å². The molecule has 2 N–H and O–H groups in total. The fourth-order valence-corrected chi connectivity index (χ4v) is 2.29. The summed E-state index contributed by atoms with van der Waals surface area (Å²) in [6, 6.07) is 0. The van der Waals surface area contributed by atoms with Crippen molar-refractivity contribution in [3.63, 3.8) is 0 Å². The van der Waals surface area contributed by atoms with Gasteiger partial charge in [0.05, 0.1) is 6.10 Å². The van der Waals surface area contributed by atoms with Gasteiger partial charge in [0.2, 0.25) is 0 Å². The number of rotatable bonds is 8. The molecular weight excluding hydrogens is 367 g/mol. The van der Waals surface area contributed by atoms with Crippen LogP contribution in [0.1, 0.15) is 33.1 Å². The minimum atomic E-state index is 0. The summed E-state index contributed by atoms with van der Waals surface area (Å²) in [5.74, 6) is 0.884. The second kappa shape index (κ2) is 12.6. The highest BCUT2D eigenvalue weighted by Crippen LogP contribution is 2.10. The van der Waals surface area contributed by atoms with Crippen molar-refractivity contribution in [2.24, 2.45) is 4.99 Å². The highest BCUT2D eigenvalue weighted by molar-refractivity contribution is 14.0. The molecule has 1 unspecified atom stereocenters. The zero-order chi connectivity index (χ0) is 13.9. The number of halogens is 1. The number of ether oxygens (including phenoxy) is 1. The average molecular weight is 398 g/mol. The zero-order valence-corrected chi connectivity index (χ0v) is 15.5. The second-order valence-electron chi connectivity index (χ2n) is 4.90. The Morgan fingerprint density at radius 3 is 2.60 bits per heavy atom. The Labute approximate surface area is 140 Å². The van der Waals surface area contributed by atoms with Gasteiger partial charge in [-0.2, -0.15) is 0 Å². The van der Waals surface area contributed by atoms with Crippen LogP contribution >= 0.6 is 24.0 Å². The van der Waals surface area contributed by atoms with Crippen LogP contribution in [0, 0.1) is 0 Å². The molecule has 1 heterocycles. The van der Waals surface area contributed by atoms with Gasteiger partial charge in [-0.05, 0) is 38.9 Å². The predicted octanol–water partition coefficient (Wildman–Crippen LogP) is 1.68.